The third-order valence-electron chi connectivity index (χ3n) is 4.47. The highest BCUT2D eigenvalue weighted by Gasteiger charge is 2.35. The number of aryl methyl sites for hydroxylation is 1. The number of rotatable bonds is 5. The number of nitrogens with one attached hydrogen (secondary N) is 2. The summed E-state index contributed by atoms with van der Waals surface area (Å²) in [5.74, 6) is -0.191. The average Bonchev–Trinajstić information content (AvgIpc) is 2.58. The Hall–Kier alpha value is -2.30. The summed E-state index contributed by atoms with van der Waals surface area (Å²) < 4.78 is 0. The minimum atomic E-state index is -0.182. The van der Waals surface area contributed by atoms with Gasteiger partial charge in [0.2, 0.25) is 5.91 Å². The van der Waals surface area contributed by atoms with E-state index < -0.39 is 0 Å². The topological polar surface area (TPSA) is 61.4 Å². The van der Waals surface area contributed by atoms with Crippen LogP contribution >= 0.6 is 0 Å². The quantitative estimate of drug-likeness (QED) is 0.807. The molecule has 0 bridgehead atoms. The van der Waals surface area contributed by atoms with E-state index in [9.17, 15) is 9.59 Å². The molecule has 0 aromatic heterocycles. The second kappa shape index (κ2) is 8.70. The molecule has 0 spiro atoms. The number of likely N-dealkylation sites (tertiary alicyclic amines) is 1. The van der Waals surface area contributed by atoms with E-state index in [0.29, 0.717) is 13.1 Å². The first kappa shape index (κ1) is 19.0. The lowest BCUT2D eigenvalue weighted by Gasteiger charge is -2.39. The highest BCUT2D eigenvalue weighted by Crippen LogP contribution is 2.34. The van der Waals surface area contributed by atoms with E-state index in [4.69, 9.17) is 0 Å². The second-order valence-electron chi connectivity index (χ2n) is 6.99. The standard InChI is InChI=1S/C20H29N3O2/c1-5-11-21-19(24)17-9-10-18(16-8-6-7-15(4)12-16)23(13-17)20(25)22-14(2)3/h5-8,12,14,17-18H,1,9-11,13H2,2-4H3,(H,21,24)(H,22,25). The molecule has 2 rings (SSSR count). The van der Waals surface area contributed by atoms with Crippen molar-refractivity contribution in [3.8, 4) is 0 Å². The lowest BCUT2D eigenvalue weighted by atomic mass is 9.88. The minimum absolute atomic E-state index is 0.00195. The van der Waals surface area contributed by atoms with Crippen LogP contribution in [0.5, 0.6) is 0 Å². The maximum atomic E-state index is 12.7. The van der Waals surface area contributed by atoms with Gasteiger partial charge in [0.25, 0.3) is 0 Å². The van der Waals surface area contributed by atoms with Gasteiger partial charge >= 0.3 is 6.03 Å². The molecule has 1 heterocycles. The largest absolute Gasteiger partial charge is 0.352 e. The Morgan fingerprint density at radius 1 is 1.36 bits per heavy atom. The maximum absolute atomic E-state index is 12.7. The molecule has 1 aliphatic heterocycles. The van der Waals surface area contributed by atoms with Crippen molar-refractivity contribution in [3.05, 3.63) is 48.0 Å². The van der Waals surface area contributed by atoms with E-state index in [0.717, 1.165) is 18.4 Å². The van der Waals surface area contributed by atoms with Crippen LogP contribution in [0.15, 0.2) is 36.9 Å². The number of piperidine rings is 1. The molecule has 1 fully saturated rings. The van der Waals surface area contributed by atoms with E-state index in [1.807, 2.05) is 24.8 Å². The number of nitrogens with zero attached hydrogens (tertiary/aromatic N) is 1. The number of carbonyl (C=O) groups is 2. The monoisotopic (exact) mass is 343 g/mol. The SMILES string of the molecule is C=CCNC(=O)C1CCC(c2cccc(C)c2)N(C(=O)NC(C)C)C1. The highest BCUT2D eigenvalue weighted by atomic mass is 16.2. The summed E-state index contributed by atoms with van der Waals surface area (Å²) in [5, 5.41) is 5.82. The fraction of sp³-hybridized carbons (Fsp3) is 0.500. The Balaban J connectivity index is 2.20. The zero-order chi connectivity index (χ0) is 18.4. The first-order valence-electron chi connectivity index (χ1n) is 8.94. The van der Waals surface area contributed by atoms with Crippen LogP contribution in [0.25, 0.3) is 0 Å². The van der Waals surface area contributed by atoms with Gasteiger partial charge in [0, 0.05) is 19.1 Å². The normalized spacial score (nSPS) is 20.2. The summed E-state index contributed by atoms with van der Waals surface area (Å²) in [7, 11) is 0. The Morgan fingerprint density at radius 3 is 2.76 bits per heavy atom. The predicted molar refractivity (Wildman–Crippen MR) is 100 cm³/mol. The van der Waals surface area contributed by atoms with Gasteiger partial charge in [-0.3, -0.25) is 4.79 Å². The van der Waals surface area contributed by atoms with Crippen LogP contribution in [0.2, 0.25) is 0 Å². The number of hydrogen-bond donors (Lipinski definition) is 2. The lowest BCUT2D eigenvalue weighted by Crippen LogP contribution is -2.51. The molecular weight excluding hydrogens is 314 g/mol. The minimum Gasteiger partial charge on any atom is -0.352 e. The van der Waals surface area contributed by atoms with Crippen molar-refractivity contribution in [2.45, 2.75) is 45.7 Å². The van der Waals surface area contributed by atoms with Crippen LogP contribution in [-0.4, -0.2) is 36.0 Å². The van der Waals surface area contributed by atoms with Gasteiger partial charge in [0.05, 0.1) is 12.0 Å². The van der Waals surface area contributed by atoms with Crippen molar-refractivity contribution in [3.63, 3.8) is 0 Å². The summed E-state index contributed by atoms with van der Waals surface area (Å²) in [6.45, 7) is 10.4. The second-order valence-corrected chi connectivity index (χ2v) is 6.99. The van der Waals surface area contributed by atoms with Gasteiger partial charge < -0.3 is 15.5 Å². The number of amides is 3. The Labute approximate surface area is 150 Å². The van der Waals surface area contributed by atoms with Crippen molar-refractivity contribution in [2.75, 3.05) is 13.1 Å². The summed E-state index contributed by atoms with van der Waals surface area (Å²) in [6, 6.07) is 8.21. The highest BCUT2D eigenvalue weighted by molar-refractivity contribution is 5.81. The van der Waals surface area contributed by atoms with Crippen molar-refractivity contribution in [1.82, 2.24) is 15.5 Å². The van der Waals surface area contributed by atoms with Gasteiger partial charge in [-0.25, -0.2) is 4.79 Å². The van der Waals surface area contributed by atoms with Gasteiger partial charge in [-0.15, -0.1) is 6.58 Å². The first-order chi connectivity index (χ1) is 11.9. The van der Waals surface area contributed by atoms with Crippen LogP contribution in [0, 0.1) is 12.8 Å². The fourth-order valence-electron chi connectivity index (χ4n) is 3.28. The molecule has 0 aliphatic carbocycles. The van der Waals surface area contributed by atoms with Crippen molar-refractivity contribution in [1.29, 1.82) is 0 Å². The van der Waals surface area contributed by atoms with E-state index in [1.54, 1.807) is 6.08 Å². The Bertz CT molecular complexity index is 627. The number of carbonyl (C=O) groups excluding carboxylic acids is 2. The molecule has 1 aromatic rings. The zero-order valence-corrected chi connectivity index (χ0v) is 15.4. The first-order valence-corrected chi connectivity index (χ1v) is 8.94. The lowest BCUT2D eigenvalue weighted by molar-refractivity contribution is -0.126. The molecule has 2 unspecified atom stereocenters. The molecule has 1 aromatic carbocycles. The Kier molecular flexibility index (Phi) is 6.62. The van der Waals surface area contributed by atoms with E-state index in [2.05, 4.69) is 42.3 Å². The van der Waals surface area contributed by atoms with Crippen LogP contribution in [0.1, 0.15) is 43.9 Å². The fourth-order valence-corrected chi connectivity index (χ4v) is 3.28. The molecular formula is C20H29N3O2. The van der Waals surface area contributed by atoms with Gasteiger partial charge in [-0.05, 0) is 39.2 Å². The van der Waals surface area contributed by atoms with E-state index >= 15 is 0 Å². The van der Waals surface area contributed by atoms with Crippen molar-refractivity contribution in [2.24, 2.45) is 5.92 Å². The Morgan fingerprint density at radius 2 is 2.12 bits per heavy atom. The predicted octanol–water partition coefficient (Wildman–Crippen LogP) is 3.17. The number of benzene rings is 1. The van der Waals surface area contributed by atoms with Crippen LogP contribution in [0.3, 0.4) is 0 Å². The molecule has 5 nitrogen and oxygen atoms in total. The molecule has 1 aliphatic rings. The number of urea groups is 1. The van der Waals surface area contributed by atoms with Crippen molar-refractivity contribution < 1.29 is 9.59 Å². The molecule has 2 N–H and O–H groups in total. The molecule has 0 saturated carbocycles. The molecule has 0 radical (unpaired) electrons. The summed E-state index contributed by atoms with van der Waals surface area (Å²) in [6.07, 6.45) is 3.22. The molecule has 25 heavy (non-hydrogen) atoms. The van der Waals surface area contributed by atoms with Crippen LogP contribution in [0.4, 0.5) is 4.79 Å². The molecule has 5 heteroatoms. The summed E-state index contributed by atoms with van der Waals surface area (Å²) in [5.41, 5.74) is 2.30. The van der Waals surface area contributed by atoms with E-state index in [1.165, 1.54) is 5.56 Å². The molecule has 136 valence electrons. The third kappa shape index (κ3) is 5.08. The molecule has 1 saturated heterocycles. The summed E-state index contributed by atoms with van der Waals surface area (Å²) >= 11 is 0. The zero-order valence-electron chi connectivity index (χ0n) is 15.4. The summed E-state index contributed by atoms with van der Waals surface area (Å²) in [4.78, 5) is 26.9. The van der Waals surface area contributed by atoms with Gasteiger partial charge in [0.1, 0.15) is 0 Å². The maximum Gasteiger partial charge on any atom is 0.318 e. The van der Waals surface area contributed by atoms with Crippen LogP contribution < -0.4 is 10.6 Å². The van der Waals surface area contributed by atoms with Gasteiger partial charge in [-0.2, -0.15) is 0 Å². The molecule has 3 amide bonds. The smallest absolute Gasteiger partial charge is 0.318 e. The molecule has 2 atom stereocenters. The number of hydrogen-bond acceptors (Lipinski definition) is 2. The third-order valence-corrected chi connectivity index (χ3v) is 4.47. The van der Waals surface area contributed by atoms with Crippen molar-refractivity contribution >= 4 is 11.9 Å². The average molecular weight is 343 g/mol. The van der Waals surface area contributed by atoms with Gasteiger partial charge in [0.15, 0.2) is 0 Å². The van der Waals surface area contributed by atoms with Gasteiger partial charge in [-0.1, -0.05) is 35.9 Å². The van der Waals surface area contributed by atoms with E-state index in [-0.39, 0.29) is 29.9 Å². The van der Waals surface area contributed by atoms with Crippen LogP contribution in [-0.2, 0) is 4.79 Å².